The molecule has 1 aromatic heterocycles. The first-order valence-corrected chi connectivity index (χ1v) is 8.14. The van der Waals surface area contributed by atoms with E-state index in [4.69, 9.17) is 10.5 Å². The first-order valence-electron chi connectivity index (χ1n) is 8.14. The summed E-state index contributed by atoms with van der Waals surface area (Å²) < 4.78 is 7.97. The molecule has 0 saturated carbocycles. The van der Waals surface area contributed by atoms with Gasteiger partial charge in [-0.3, -0.25) is 0 Å². The third-order valence-corrected chi connectivity index (χ3v) is 4.02. The molecule has 2 N–H and O–H groups in total. The first kappa shape index (κ1) is 15.9. The Balaban J connectivity index is 2.28. The molecule has 1 heterocycles. The highest BCUT2D eigenvalue weighted by Crippen LogP contribution is 2.35. The highest BCUT2D eigenvalue weighted by molar-refractivity contribution is 5.95. The van der Waals surface area contributed by atoms with Crippen molar-refractivity contribution in [1.82, 2.24) is 4.57 Å². The molecule has 3 aromatic rings. The Kier molecular flexibility index (Phi) is 4.18. The van der Waals surface area contributed by atoms with Gasteiger partial charge in [0.1, 0.15) is 11.8 Å². The predicted octanol–water partition coefficient (Wildman–Crippen LogP) is 4.57. The van der Waals surface area contributed by atoms with Crippen molar-refractivity contribution in [1.29, 1.82) is 5.26 Å². The fourth-order valence-electron chi connectivity index (χ4n) is 3.06. The van der Waals surface area contributed by atoms with E-state index >= 15 is 0 Å². The van der Waals surface area contributed by atoms with Gasteiger partial charge in [0.05, 0.1) is 22.9 Å². The van der Waals surface area contributed by atoms with Gasteiger partial charge in [0.15, 0.2) is 0 Å². The minimum atomic E-state index is 0.111. The number of hydrogen-bond donors (Lipinski definition) is 1. The third-order valence-electron chi connectivity index (χ3n) is 4.02. The quantitative estimate of drug-likeness (QED) is 0.716. The molecule has 0 aliphatic carbocycles. The van der Waals surface area contributed by atoms with Crippen LogP contribution in [0.4, 0.5) is 5.69 Å². The van der Waals surface area contributed by atoms with E-state index in [0.717, 1.165) is 34.5 Å². The van der Waals surface area contributed by atoms with Crippen molar-refractivity contribution in [3.63, 3.8) is 0 Å². The van der Waals surface area contributed by atoms with E-state index in [1.54, 1.807) is 0 Å². The Morgan fingerprint density at radius 1 is 1.17 bits per heavy atom. The highest BCUT2D eigenvalue weighted by Gasteiger charge is 2.18. The highest BCUT2D eigenvalue weighted by atomic mass is 16.5. The normalized spacial score (nSPS) is 11.0. The number of benzene rings is 2. The number of nitrogen functional groups attached to an aromatic ring is 1. The summed E-state index contributed by atoms with van der Waals surface area (Å²) in [4.78, 5) is 0. The number of fused-ring (bicyclic) bond motifs is 1. The molecule has 0 saturated heterocycles. The van der Waals surface area contributed by atoms with Gasteiger partial charge in [-0.25, -0.2) is 0 Å². The van der Waals surface area contributed by atoms with Gasteiger partial charge < -0.3 is 15.0 Å². The maximum Gasteiger partial charge on any atom is 0.121 e. The van der Waals surface area contributed by atoms with E-state index in [9.17, 15) is 5.26 Å². The maximum absolute atomic E-state index is 9.74. The van der Waals surface area contributed by atoms with Crippen LogP contribution in [0.15, 0.2) is 42.5 Å². The van der Waals surface area contributed by atoms with Crippen LogP contribution in [0.1, 0.15) is 26.3 Å². The molecule has 4 heteroatoms. The van der Waals surface area contributed by atoms with Crippen molar-refractivity contribution in [3.8, 4) is 23.1 Å². The lowest BCUT2D eigenvalue weighted by molar-refractivity contribution is 0.242. The summed E-state index contributed by atoms with van der Waals surface area (Å²) in [5.74, 6) is 0.818. The third kappa shape index (κ3) is 2.69. The zero-order valence-electron chi connectivity index (χ0n) is 14.2. The van der Waals surface area contributed by atoms with Gasteiger partial charge in [-0.2, -0.15) is 5.26 Å². The minimum absolute atomic E-state index is 0.111. The summed E-state index contributed by atoms with van der Waals surface area (Å²) in [7, 11) is 0. The van der Waals surface area contributed by atoms with Gasteiger partial charge in [0, 0.05) is 23.7 Å². The number of ether oxygens (including phenoxy) is 1. The number of rotatable bonds is 4. The van der Waals surface area contributed by atoms with E-state index in [1.807, 2.05) is 56.3 Å². The fraction of sp³-hybridized carbons (Fsp3) is 0.250. The molecule has 24 heavy (non-hydrogen) atoms. The minimum Gasteiger partial charge on any atom is -0.491 e. The van der Waals surface area contributed by atoms with Crippen molar-refractivity contribution in [2.24, 2.45) is 0 Å². The molecule has 0 aliphatic rings. The summed E-state index contributed by atoms with van der Waals surface area (Å²) in [6.45, 7) is 6.85. The van der Waals surface area contributed by atoms with Crippen molar-refractivity contribution in [3.05, 3.63) is 48.0 Å². The van der Waals surface area contributed by atoms with Gasteiger partial charge >= 0.3 is 0 Å². The number of nitriles is 1. The van der Waals surface area contributed by atoms with Gasteiger partial charge in [0.2, 0.25) is 0 Å². The molecule has 4 nitrogen and oxygen atoms in total. The second-order valence-electron chi connectivity index (χ2n) is 6.05. The fourth-order valence-corrected chi connectivity index (χ4v) is 3.06. The molecular weight excluding hydrogens is 298 g/mol. The van der Waals surface area contributed by atoms with Crippen LogP contribution in [0.3, 0.4) is 0 Å². The van der Waals surface area contributed by atoms with Gasteiger partial charge in [-0.05, 0) is 50.6 Å². The molecule has 0 atom stereocenters. The lowest BCUT2D eigenvalue weighted by Gasteiger charge is -2.11. The Labute approximate surface area is 142 Å². The van der Waals surface area contributed by atoms with Crippen molar-refractivity contribution in [2.45, 2.75) is 33.4 Å². The van der Waals surface area contributed by atoms with E-state index < -0.39 is 0 Å². The molecule has 0 bridgehead atoms. The second-order valence-corrected chi connectivity index (χ2v) is 6.05. The zero-order chi connectivity index (χ0) is 17.3. The number of hydrogen-bond acceptors (Lipinski definition) is 3. The van der Waals surface area contributed by atoms with Gasteiger partial charge in [-0.1, -0.05) is 12.1 Å². The number of anilines is 1. The molecule has 122 valence electrons. The van der Waals surface area contributed by atoms with E-state index in [0.29, 0.717) is 11.3 Å². The molecule has 0 aliphatic heterocycles. The van der Waals surface area contributed by atoms with Crippen LogP contribution < -0.4 is 10.5 Å². The predicted molar refractivity (Wildman–Crippen MR) is 97.9 cm³/mol. The maximum atomic E-state index is 9.74. The van der Waals surface area contributed by atoms with Crippen molar-refractivity contribution in [2.75, 3.05) is 5.73 Å². The molecular formula is C20H21N3O. The largest absolute Gasteiger partial charge is 0.491 e. The Morgan fingerprint density at radius 2 is 1.88 bits per heavy atom. The topological polar surface area (TPSA) is 64.0 Å². The summed E-state index contributed by atoms with van der Waals surface area (Å²) in [6, 6.07) is 15.9. The van der Waals surface area contributed by atoms with Crippen molar-refractivity contribution >= 4 is 16.6 Å². The van der Waals surface area contributed by atoms with Crippen LogP contribution in [0.5, 0.6) is 5.75 Å². The van der Waals surface area contributed by atoms with Crippen molar-refractivity contribution < 1.29 is 4.74 Å². The average molecular weight is 319 g/mol. The molecule has 3 rings (SSSR count). The number of aromatic nitrogens is 1. The summed E-state index contributed by atoms with van der Waals surface area (Å²) in [6.07, 6.45) is 0.111. The molecule has 0 radical (unpaired) electrons. The average Bonchev–Trinajstić information content (AvgIpc) is 2.87. The molecule has 0 fully saturated rings. The number of aryl methyl sites for hydroxylation is 1. The molecule has 0 unspecified atom stereocenters. The van der Waals surface area contributed by atoms with E-state index in [1.165, 1.54) is 0 Å². The van der Waals surface area contributed by atoms with Gasteiger partial charge in [-0.15, -0.1) is 0 Å². The molecule has 0 spiro atoms. The Hall–Kier alpha value is -2.93. The Bertz CT molecular complexity index is 915. The zero-order valence-corrected chi connectivity index (χ0v) is 14.2. The SMILES string of the molecule is CCn1c(-c2ccc(N)cc2)c(C#N)c2ccc(OC(C)C)cc21. The van der Waals surface area contributed by atoms with Crippen LogP contribution >= 0.6 is 0 Å². The number of nitrogens with two attached hydrogens (primary N) is 1. The first-order chi connectivity index (χ1) is 11.5. The second kappa shape index (κ2) is 6.29. The van der Waals surface area contributed by atoms with Crippen LogP contribution in [0, 0.1) is 11.3 Å². The van der Waals surface area contributed by atoms with Crippen LogP contribution in [-0.4, -0.2) is 10.7 Å². The van der Waals surface area contributed by atoms with E-state index in [2.05, 4.69) is 17.6 Å². The molecule has 0 amide bonds. The van der Waals surface area contributed by atoms with Crippen LogP contribution in [0.2, 0.25) is 0 Å². The molecule has 2 aromatic carbocycles. The van der Waals surface area contributed by atoms with E-state index in [-0.39, 0.29) is 6.10 Å². The summed E-state index contributed by atoms with van der Waals surface area (Å²) >= 11 is 0. The number of nitrogens with zero attached hydrogens (tertiary/aromatic N) is 2. The monoisotopic (exact) mass is 319 g/mol. The standard InChI is InChI=1S/C20H21N3O/c1-4-23-19-11-16(24-13(2)3)9-10-17(19)18(12-21)20(23)14-5-7-15(22)8-6-14/h5-11,13H,4,22H2,1-3H3. The van der Waals surface area contributed by atoms with Crippen LogP contribution in [0.25, 0.3) is 22.2 Å². The summed E-state index contributed by atoms with van der Waals surface area (Å²) in [5, 5.41) is 10.7. The summed E-state index contributed by atoms with van der Waals surface area (Å²) in [5.41, 5.74) is 10.1. The van der Waals surface area contributed by atoms with Gasteiger partial charge in [0.25, 0.3) is 0 Å². The van der Waals surface area contributed by atoms with Crippen LogP contribution in [-0.2, 0) is 6.54 Å². The lowest BCUT2D eigenvalue weighted by atomic mass is 10.1. The smallest absolute Gasteiger partial charge is 0.121 e. The Morgan fingerprint density at radius 3 is 2.46 bits per heavy atom. The lowest BCUT2D eigenvalue weighted by Crippen LogP contribution is -2.05.